The van der Waals surface area contributed by atoms with E-state index in [1.165, 1.54) is 88.1 Å². The lowest BCUT2D eigenvalue weighted by atomic mass is 9.99. The summed E-state index contributed by atoms with van der Waals surface area (Å²) in [6.45, 7) is 6.34. The first-order chi connectivity index (χ1) is 67.6. The van der Waals surface area contributed by atoms with Crippen molar-refractivity contribution in [1.82, 2.24) is 107 Å². The number of carboxylic acid groups (broad SMARTS) is 2. The summed E-state index contributed by atoms with van der Waals surface area (Å²) in [6.07, 6.45) is 3.49. The van der Waals surface area contributed by atoms with E-state index in [2.05, 4.69) is 78.1 Å². The molecule has 3 aromatic carbocycles. The molecule has 0 spiro atoms. The van der Waals surface area contributed by atoms with Crippen LogP contribution in [0.4, 0.5) is 0 Å². The zero-order valence-corrected chi connectivity index (χ0v) is 81.1. The smallest absolute Gasteiger partial charge is 0.323 e. The molecule has 47 heteroatoms. The third-order valence-corrected chi connectivity index (χ3v) is 26.3. The fourth-order valence-electron chi connectivity index (χ4n) is 17.6. The number of fused-ring (bicyclic) bond motifs is 4. The molecular formula is C95H127N23O23S. The van der Waals surface area contributed by atoms with Crippen molar-refractivity contribution in [3.8, 4) is 5.75 Å². The summed E-state index contributed by atoms with van der Waals surface area (Å²) in [5, 5.41) is 69.7. The van der Waals surface area contributed by atoms with E-state index in [4.69, 9.17) is 11.5 Å². The fraction of sp³-hybridized carbons (Fsp3) is 0.505. The number of hydrogen-bond acceptors (Lipinski definition) is 24. The molecular weight excluding hydrogens is 1860 g/mol. The number of thioether (sulfide) groups is 1. The van der Waals surface area contributed by atoms with Crippen molar-refractivity contribution in [2.45, 2.75) is 247 Å². The first-order valence-electron chi connectivity index (χ1n) is 47.1. The molecule has 46 nitrogen and oxygen atoms in total. The van der Waals surface area contributed by atoms with Crippen LogP contribution < -0.4 is 64.6 Å². The Hall–Kier alpha value is -14.8. The number of aromatic hydroxyl groups is 1. The Bertz CT molecular complexity index is 5700. The number of carbonyl (C=O) groups is 19. The molecule has 142 heavy (non-hydrogen) atoms. The number of carbonyl (C=O) groups excluding carboxylic acids is 17. The summed E-state index contributed by atoms with van der Waals surface area (Å²) in [7, 11) is 3.87. The number of aliphatic hydroxyl groups excluding tert-OH is 1. The third kappa shape index (κ3) is 29.9. The average molecular weight is 1990 g/mol. The van der Waals surface area contributed by atoms with Gasteiger partial charge in [0.05, 0.1) is 37.5 Å². The lowest BCUT2D eigenvalue weighted by molar-refractivity contribution is -0.149. The number of aromatic nitrogens is 6. The fourth-order valence-corrected chi connectivity index (χ4v) is 18.5. The van der Waals surface area contributed by atoms with E-state index < -0.39 is 279 Å². The van der Waals surface area contributed by atoms with Crippen LogP contribution in [0.2, 0.25) is 0 Å². The Balaban J connectivity index is 1.05. The van der Waals surface area contributed by atoms with Crippen molar-refractivity contribution in [1.29, 1.82) is 0 Å². The number of nitrogens with one attached hydrogen (secondary N) is 13. The number of hydrogen-bond donors (Lipinski definition) is 19. The number of carboxylic acids is 2. The molecule has 7 heterocycles. The van der Waals surface area contributed by atoms with Gasteiger partial charge < -0.3 is 129 Å². The molecule has 15 atom stereocenters. The second kappa shape index (κ2) is 51.4. The molecule has 21 N–H and O–H groups in total. The third-order valence-electron chi connectivity index (χ3n) is 25.3. The molecule has 3 saturated heterocycles. The number of aromatic amines is 3. The molecule has 0 bridgehead atoms. The van der Waals surface area contributed by atoms with E-state index in [-0.39, 0.29) is 74.5 Å². The quantitative estimate of drug-likeness (QED) is 0.0257. The van der Waals surface area contributed by atoms with Crippen molar-refractivity contribution in [3.05, 3.63) is 138 Å². The van der Waals surface area contributed by atoms with E-state index in [0.717, 1.165) is 36.3 Å². The molecule has 0 aliphatic carbocycles. The van der Waals surface area contributed by atoms with Crippen molar-refractivity contribution in [2.24, 2.45) is 17.4 Å². The molecule has 3 aliphatic rings. The SMILES string of the molecule is CCCC[C@H]1C(=O)N(C)[C@@H](CCCC)C(=O)N[C@@H](CC(C)C)C(=O)N[C@H](C(=O)NCC(N)=O)CSCC(=O)N[C@@H](Cc2ccc(O)cc2)C(=O)N(C)[C@@H](C)C(=O)N[C@H](CC(N)=O)C(=O)N2CCC[C@H]2C(=O)N[C@@H](Cc2cnc[nH]2)C(=O)N[C@@H](CCC(=O)O)C(=O)N2C[C@H](O)C[C@H]2C(=O)N[C@@H](Cc2c[nH]c3ccccc23)C(=O)N[C@@H](Cc2cnc[nH]2)C(=O)N[C@@H](Cc2cn(CC(=O)O)c3ccccc23)C(=O)N1C. The minimum atomic E-state index is -1.87. The zero-order chi connectivity index (χ0) is 103. The number of nitrogens with two attached hydrogens (primary N) is 2. The number of phenolic OH excluding ortho intramolecular Hbond substituents is 1. The van der Waals surface area contributed by atoms with Gasteiger partial charge >= 0.3 is 11.9 Å². The van der Waals surface area contributed by atoms with E-state index >= 15 is 38.4 Å². The highest BCUT2D eigenvalue weighted by atomic mass is 32.2. The largest absolute Gasteiger partial charge is 0.508 e. The van der Waals surface area contributed by atoms with Gasteiger partial charge in [-0.25, -0.2) is 9.97 Å². The summed E-state index contributed by atoms with van der Waals surface area (Å²) < 4.78 is 1.43. The van der Waals surface area contributed by atoms with Crippen LogP contribution in [0.3, 0.4) is 0 Å². The summed E-state index contributed by atoms with van der Waals surface area (Å²) >= 11 is 0.771. The van der Waals surface area contributed by atoms with Gasteiger partial charge in [0.15, 0.2) is 0 Å². The van der Waals surface area contributed by atoms with Crippen LogP contribution in [0, 0.1) is 5.92 Å². The van der Waals surface area contributed by atoms with Gasteiger partial charge in [0, 0.05) is 143 Å². The molecule has 3 aliphatic heterocycles. The predicted molar refractivity (Wildman–Crippen MR) is 514 cm³/mol. The van der Waals surface area contributed by atoms with E-state index in [0.29, 0.717) is 64.2 Å². The van der Waals surface area contributed by atoms with Crippen molar-refractivity contribution < 1.29 is 112 Å². The second-order valence-corrected chi connectivity index (χ2v) is 37.4. The van der Waals surface area contributed by atoms with Gasteiger partial charge in [0.1, 0.15) is 96.9 Å². The summed E-state index contributed by atoms with van der Waals surface area (Å²) in [5.41, 5.74) is 13.8. The molecule has 0 radical (unpaired) electrons. The van der Waals surface area contributed by atoms with Crippen molar-refractivity contribution >= 4 is 146 Å². The Morgan fingerprint density at radius 2 is 1.08 bits per heavy atom. The van der Waals surface area contributed by atoms with Crippen LogP contribution in [0.15, 0.2) is 110 Å². The zero-order valence-electron chi connectivity index (χ0n) is 80.3. The maximum atomic E-state index is 16.2. The molecule has 17 amide bonds. The Kier molecular flexibility index (Phi) is 39.5. The summed E-state index contributed by atoms with van der Waals surface area (Å²) in [4.78, 5) is 300. The van der Waals surface area contributed by atoms with Gasteiger partial charge in [-0.2, -0.15) is 0 Å². The highest BCUT2D eigenvalue weighted by molar-refractivity contribution is 8.00. The number of amides is 17. The van der Waals surface area contributed by atoms with Crippen LogP contribution in [0.1, 0.15) is 146 Å². The predicted octanol–water partition coefficient (Wildman–Crippen LogP) is -1.80. The average Bonchev–Trinajstić information content (AvgIpc) is 1.63. The number of primary amides is 2. The molecule has 0 unspecified atom stereocenters. The maximum absolute atomic E-state index is 16.2. The van der Waals surface area contributed by atoms with Gasteiger partial charge in [-0.1, -0.05) is 102 Å². The summed E-state index contributed by atoms with van der Waals surface area (Å²) in [5.74, 6) is -20.9. The topological polar surface area (TPSA) is 672 Å². The highest BCUT2D eigenvalue weighted by Gasteiger charge is 2.47. The first kappa shape index (κ1) is 109. The molecule has 0 saturated carbocycles. The Morgan fingerprint density at radius 3 is 1.68 bits per heavy atom. The molecule has 10 rings (SSSR count). The van der Waals surface area contributed by atoms with Gasteiger partial charge in [-0.15, -0.1) is 11.8 Å². The summed E-state index contributed by atoms with van der Waals surface area (Å²) in [6, 6.07) is -3.62. The standard InChI is InChI=1S/C95H127N23O23S/c1-9-11-21-73-88(134)107-64(32-51(3)4)84(130)112-71(83(129)101-43-78(97)122)47-142-48-79(123)104-68(33-53-25-27-58(119)28-26-53)91(137)113(6)52(5)82(128)110-70(39-77(96)121)94(140)117-31-17-24-74(117)89(135)109-67(37-57-42-99-50-103-57)86(132)105-63(29-30-80(124)125)93(139)118-45-59(120)38-76(118)90(136)108-65(34-54-40-100-62-20-15-13-18-60(54)62)85(131)106-66(36-56-41-98-49-102-56)87(133)111-69(92(138)115(8)75(22-12-10-2)95(141)114(73)7)35-55-44-116(46-81(126)127)72-23-16-14-19-61(55)72/h13-16,18-20,23,25-28,40-42,44,49-52,59,63-71,73-76,100,119-120H,9-12,17,21-22,24,29-39,43,45-48H2,1-8H3,(H2,96,121)(H2,97,122)(H,98,102)(H,99,103)(H,101,129)(H,104,123)(H,105,132)(H,106,131)(H,107,134)(H,108,136)(H,109,135)(H,110,128)(H,111,133)(H,112,130)(H,124,125)(H,126,127)/t52-,59+,63-,64-,65-,66-,67-,68-,69-,70+,71-,73-,74-,75-,76-/m0/s1. The number of aliphatic hydroxyl groups is 1. The molecule has 7 aromatic rings. The van der Waals surface area contributed by atoms with Gasteiger partial charge in [-0.05, 0) is 92.3 Å². The van der Waals surface area contributed by atoms with E-state index in [1.807, 2.05) is 13.8 Å². The maximum Gasteiger partial charge on any atom is 0.323 e. The number of nitrogens with zero attached hydrogens (tertiary/aromatic N) is 8. The number of unbranched alkanes of at least 4 members (excludes halogenated alkanes) is 2. The first-order valence-corrected chi connectivity index (χ1v) is 48.3. The van der Waals surface area contributed by atoms with Crippen molar-refractivity contribution in [3.63, 3.8) is 0 Å². The minimum absolute atomic E-state index is 0.0196. The van der Waals surface area contributed by atoms with Crippen molar-refractivity contribution in [2.75, 3.05) is 52.3 Å². The number of benzene rings is 3. The number of para-hydroxylation sites is 2. The van der Waals surface area contributed by atoms with Gasteiger partial charge in [0.2, 0.25) is 100 Å². The molecule has 3 fully saturated rings. The number of aliphatic carboxylic acids is 2. The van der Waals surface area contributed by atoms with E-state index in [1.54, 1.807) is 68.6 Å². The Morgan fingerprint density at radius 1 is 0.535 bits per heavy atom. The Labute approximate surface area is 821 Å². The van der Waals surface area contributed by atoms with Crippen LogP contribution in [-0.2, 0) is 130 Å². The number of H-pyrrole nitrogens is 3. The molecule has 766 valence electrons. The number of likely N-dealkylation sites (N-methyl/N-ethyl adjacent to an activating group) is 3. The number of phenols is 1. The van der Waals surface area contributed by atoms with Gasteiger partial charge in [-0.3, -0.25) is 91.1 Å². The molecule has 4 aromatic heterocycles. The number of rotatable bonds is 28. The highest BCUT2D eigenvalue weighted by Crippen LogP contribution is 2.29. The second-order valence-electron chi connectivity index (χ2n) is 36.4. The van der Waals surface area contributed by atoms with Crippen LogP contribution in [0.5, 0.6) is 5.75 Å². The normalized spacial score (nSPS) is 24.1. The number of imidazole rings is 2. The lowest BCUT2D eigenvalue weighted by Gasteiger charge is -2.36. The van der Waals surface area contributed by atoms with Crippen LogP contribution in [-0.4, -0.2) is 330 Å². The van der Waals surface area contributed by atoms with Gasteiger partial charge in [0.25, 0.3) is 0 Å². The van der Waals surface area contributed by atoms with Crippen LogP contribution >= 0.6 is 11.8 Å². The lowest BCUT2D eigenvalue weighted by Crippen LogP contribution is -2.61. The minimum Gasteiger partial charge on any atom is -0.508 e. The van der Waals surface area contributed by atoms with Crippen LogP contribution in [0.25, 0.3) is 21.8 Å². The monoisotopic (exact) mass is 1990 g/mol. The van der Waals surface area contributed by atoms with E-state index in [9.17, 15) is 73.2 Å².